The molecule has 1 N–H and O–H groups in total. The average Bonchev–Trinajstić information content (AvgIpc) is 2.90. The molecule has 0 saturated carbocycles. The second-order valence-electron chi connectivity index (χ2n) is 3.68. The van der Waals surface area contributed by atoms with Crippen LogP contribution in [0.5, 0.6) is 5.75 Å². The first-order valence-corrected chi connectivity index (χ1v) is 6.49. The summed E-state index contributed by atoms with van der Waals surface area (Å²) >= 11 is 1.60. The molecule has 2 rings (SSSR count). The lowest BCUT2D eigenvalue weighted by atomic mass is 10.2. The van der Waals surface area contributed by atoms with Crippen molar-refractivity contribution in [1.29, 1.82) is 5.26 Å². The second-order valence-corrected chi connectivity index (χ2v) is 4.40. The molecule has 2 aromatic rings. The number of hydrogen-bond donors (Lipinski definition) is 1. The number of nitrogens with zero attached hydrogens (tertiary/aromatic N) is 2. The Morgan fingerprint density at radius 2 is 2.33 bits per heavy atom. The number of nitriles is 1. The van der Waals surface area contributed by atoms with Gasteiger partial charge >= 0.3 is 0 Å². The van der Waals surface area contributed by atoms with Crippen molar-refractivity contribution in [3.8, 4) is 11.8 Å². The first-order chi connectivity index (χ1) is 8.88. The largest absolute Gasteiger partial charge is 0.479 e. The number of hydrogen-bond acceptors (Lipinski definition) is 5. The molecule has 0 radical (unpaired) electrons. The summed E-state index contributed by atoms with van der Waals surface area (Å²) in [6.45, 7) is 1.59. The average molecular weight is 259 g/mol. The van der Waals surface area contributed by atoms with Gasteiger partial charge < -0.3 is 10.1 Å². The number of thiazole rings is 1. The predicted molar refractivity (Wildman–Crippen MR) is 70.2 cm³/mol. The summed E-state index contributed by atoms with van der Waals surface area (Å²) < 4.78 is 5.25. The van der Waals surface area contributed by atoms with Crippen LogP contribution in [0.3, 0.4) is 0 Å². The molecular weight excluding hydrogens is 246 g/mol. The second kappa shape index (κ2) is 6.74. The summed E-state index contributed by atoms with van der Waals surface area (Å²) in [5.74, 6) is 0.726. The molecule has 0 aliphatic carbocycles. The Hall–Kier alpha value is -1.90. The van der Waals surface area contributed by atoms with E-state index in [1.807, 2.05) is 41.2 Å². The smallest absolute Gasteiger partial charge is 0.174 e. The minimum absolute atomic E-state index is 0.0791. The molecule has 0 saturated heterocycles. The molecule has 0 bridgehead atoms. The van der Waals surface area contributed by atoms with Crippen LogP contribution >= 0.6 is 11.3 Å². The van der Waals surface area contributed by atoms with Crippen molar-refractivity contribution in [2.24, 2.45) is 0 Å². The molecule has 1 aromatic carbocycles. The van der Waals surface area contributed by atoms with Crippen molar-refractivity contribution in [2.45, 2.75) is 13.1 Å². The van der Waals surface area contributed by atoms with E-state index in [-0.39, 0.29) is 6.61 Å². The van der Waals surface area contributed by atoms with Crippen molar-refractivity contribution < 1.29 is 4.74 Å². The Labute approximate surface area is 110 Å². The van der Waals surface area contributed by atoms with Crippen molar-refractivity contribution in [2.75, 3.05) is 6.61 Å². The summed E-state index contributed by atoms with van der Waals surface area (Å²) in [4.78, 5) is 4.20. The molecule has 0 amide bonds. The molecule has 92 valence electrons. The van der Waals surface area contributed by atoms with Gasteiger partial charge in [0.2, 0.25) is 0 Å². The fraction of sp³-hybridized carbons (Fsp3) is 0.231. The van der Waals surface area contributed by atoms with Crippen LogP contribution in [0.25, 0.3) is 0 Å². The molecule has 1 heterocycles. The fourth-order valence-corrected chi connectivity index (χ4v) is 2.08. The summed E-state index contributed by atoms with van der Waals surface area (Å²) in [7, 11) is 0. The lowest BCUT2D eigenvalue weighted by Crippen LogP contribution is -2.12. The highest BCUT2D eigenvalue weighted by Gasteiger charge is 1.98. The Bertz CT molecular complexity index is 519. The molecule has 0 spiro atoms. The summed E-state index contributed by atoms with van der Waals surface area (Å²) in [5, 5.41) is 13.8. The number of nitrogens with one attached hydrogen (secondary N) is 1. The van der Waals surface area contributed by atoms with Crippen molar-refractivity contribution in [3.05, 3.63) is 46.4 Å². The van der Waals surface area contributed by atoms with Gasteiger partial charge in [-0.2, -0.15) is 5.26 Å². The molecule has 1 aromatic heterocycles. The van der Waals surface area contributed by atoms with E-state index in [9.17, 15) is 0 Å². The first-order valence-electron chi connectivity index (χ1n) is 5.55. The van der Waals surface area contributed by atoms with Gasteiger partial charge in [0.05, 0.1) is 11.2 Å². The molecule has 0 atom stereocenters. The topological polar surface area (TPSA) is 57.9 Å². The third-order valence-corrected chi connectivity index (χ3v) is 2.96. The van der Waals surface area contributed by atoms with Crippen molar-refractivity contribution >= 4 is 11.3 Å². The van der Waals surface area contributed by atoms with E-state index >= 15 is 0 Å². The van der Waals surface area contributed by atoms with Gasteiger partial charge in [-0.25, -0.2) is 4.98 Å². The Balaban J connectivity index is 1.83. The van der Waals surface area contributed by atoms with Gasteiger partial charge in [0.25, 0.3) is 0 Å². The molecule has 4 nitrogen and oxygen atoms in total. The fourth-order valence-electron chi connectivity index (χ4n) is 1.52. The van der Waals surface area contributed by atoms with E-state index in [2.05, 4.69) is 10.3 Å². The monoisotopic (exact) mass is 259 g/mol. The van der Waals surface area contributed by atoms with Gasteiger partial charge in [-0.15, -0.1) is 11.3 Å². The van der Waals surface area contributed by atoms with Crippen LogP contribution in [0.15, 0.2) is 35.2 Å². The van der Waals surface area contributed by atoms with Crippen LogP contribution in [0.4, 0.5) is 0 Å². The molecule has 0 aliphatic heterocycles. The minimum atomic E-state index is 0.0791. The third-order valence-electron chi connectivity index (χ3n) is 2.32. The molecule has 18 heavy (non-hydrogen) atoms. The number of rotatable bonds is 6. The Morgan fingerprint density at radius 1 is 1.39 bits per heavy atom. The van der Waals surface area contributed by atoms with E-state index in [1.165, 1.54) is 0 Å². The zero-order chi connectivity index (χ0) is 12.6. The van der Waals surface area contributed by atoms with Gasteiger partial charge in [-0.1, -0.05) is 12.1 Å². The highest BCUT2D eigenvalue weighted by atomic mass is 32.1. The number of benzene rings is 1. The first kappa shape index (κ1) is 12.6. The maximum absolute atomic E-state index is 8.45. The zero-order valence-corrected chi connectivity index (χ0v) is 10.6. The highest BCUT2D eigenvalue weighted by molar-refractivity contribution is 7.07. The van der Waals surface area contributed by atoms with Crippen LogP contribution in [-0.2, 0) is 13.1 Å². The molecular formula is C13H13N3OS. The minimum Gasteiger partial charge on any atom is -0.479 e. The van der Waals surface area contributed by atoms with Crippen LogP contribution < -0.4 is 10.1 Å². The van der Waals surface area contributed by atoms with E-state index in [0.717, 1.165) is 30.1 Å². The van der Waals surface area contributed by atoms with E-state index in [1.54, 1.807) is 11.3 Å². The zero-order valence-electron chi connectivity index (χ0n) is 9.80. The molecule has 0 unspecified atom stereocenters. The van der Waals surface area contributed by atoms with Gasteiger partial charge in [0.1, 0.15) is 11.8 Å². The van der Waals surface area contributed by atoms with E-state index < -0.39 is 0 Å². The van der Waals surface area contributed by atoms with Gasteiger partial charge in [0, 0.05) is 18.5 Å². The molecule has 0 aliphatic rings. The maximum atomic E-state index is 8.45. The lowest BCUT2D eigenvalue weighted by molar-refractivity contribution is 0.367. The van der Waals surface area contributed by atoms with Gasteiger partial charge in [-0.05, 0) is 17.7 Å². The Kier molecular flexibility index (Phi) is 4.70. The quantitative estimate of drug-likeness (QED) is 0.865. The summed E-state index contributed by atoms with van der Waals surface area (Å²) in [6.07, 6.45) is 0. The SMILES string of the molecule is N#CCOc1cccc(CNCc2cscn2)c1. The predicted octanol–water partition coefficient (Wildman–Crippen LogP) is 2.34. The van der Waals surface area contributed by atoms with E-state index in [0.29, 0.717) is 0 Å². The van der Waals surface area contributed by atoms with Crippen LogP contribution in [0, 0.1) is 11.3 Å². The molecule has 0 fully saturated rings. The summed E-state index contributed by atoms with van der Waals surface area (Å²) in [6, 6.07) is 9.68. The van der Waals surface area contributed by atoms with Crippen LogP contribution in [0.2, 0.25) is 0 Å². The highest BCUT2D eigenvalue weighted by Crippen LogP contribution is 2.13. The maximum Gasteiger partial charge on any atom is 0.174 e. The standard InChI is InChI=1S/C13H13N3OS/c14-4-5-17-13-3-1-2-11(6-13)7-15-8-12-9-18-10-16-12/h1-3,6,9-10,15H,5,7-8H2. The van der Waals surface area contributed by atoms with Crippen molar-refractivity contribution in [1.82, 2.24) is 10.3 Å². The van der Waals surface area contributed by atoms with Crippen LogP contribution in [-0.4, -0.2) is 11.6 Å². The normalized spacial score (nSPS) is 9.94. The lowest BCUT2D eigenvalue weighted by Gasteiger charge is -2.06. The third kappa shape index (κ3) is 3.84. The Morgan fingerprint density at radius 3 is 3.11 bits per heavy atom. The number of aromatic nitrogens is 1. The van der Waals surface area contributed by atoms with Crippen LogP contribution in [0.1, 0.15) is 11.3 Å². The van der Waals surface area contributed by atoms with Gasteiger partial charge in [0.15, 0.2) is 6.61 Å². The molecule has 5 heteroatoms. The van der Waals surface area contributed by atoms with Gasteiger partial charge in [-0.3, -0.25) is 0 Å². The van der Waals surface area contributed by atoms with Crippen molar-refractivity contribution in [3.63, 3.8) is 0 Å². The number of ether oxygens (including phenoxy) is 1. The summed E-state index contributed by atoms with van der Waals surface area (Å²) in [5.41, 5.74) is 4.01. The van der Waals surface area contributed by atoms with E-state index in [4.69, 9.17) is 10.00 Å².